The molecule has 104 valence electrons. The SMILES string of the molecule is CCOc1cccc(OC2C[C@H]3CC[C@@H](C2)N3C)n1. The Labute approximate surface area is 114 Å². The fraction of sp³-hybridized carbons (Fsp3) is 0.667. The van der Waals surface area contributed by atoms with Gasteiger partial charge in [-0.2, -0.15) is 4.98 Å². The minimum atomic E-state index is 0.304. The summed E-state index contributed by atoms with van der Waals surface area (Å²) in [6.45, 7) is 2.60. The first-order valence-corrected chi connectivity index (χ1v) is 7.24. The van der Waals surface area contributed by atoms with Gasteiger partial charge < -0.3 is 14.4 Å². The molecule has 4 heteroatoms. The Morgan fingerprint density at radius 1 is 1.21 bits per heavy atom. The zero-order valence-electron chi connectivity index (χ0n) is 11.7. The molecule has 1 aromatic heterocycles. The van der Waals surface area contributed by atoms with Crippen molar-refractivity contribution in [3.8, 4) is 11.8 Å². The lowest BCUT2D eigenvalue weighted by Crippen LogP contribution is -2.43. The highest BCUT2D eigenvalue weighted by Crippen LogP contribution is 2.35. The van der Waals surface area contributed by atoms with E-state index in [1.54, 1.807) is 0 Å². The van der Waals surface area contributed by atoms with Crippen LogP contribution in [0.1, 0.15) is 32.6 Å². The molecule has 0 radical (unpaired) electrons. The normalized spacial score (nSPS) is 30.3. The highest BCUT2D eigenvalue weighted by Gasteiger charge is 2.39. The zero-order valence-corrected chi connectivity index (χ0v) is 11.7. The van der Waals surface area contributed by atoms with Gasteiger partial charge in [-0.1, -0.05) is 6.07 Å². The second-order valence-corrected chi connectivity index (χ2v) is 5.51. The fourth-order valence-corrected chi connectivity index (χ4v) is 3.32. The van der Waals surface area contributed by atoms with E-state index in [0.29, 0.717) is 36.6 Å². The number of rotatable bonds is 4. The smallest absolute Gasteiger partial charge is 0.216 e. The molecule has 2 fully saturated rings. The van der Waals surface area contributed by atoms with E-state index in [-0.39, 0.29) is 0 Å². The zero-order chi connectivity index (χ0) is 13.2. The average Bonchev–Trinajstić information content (AvgIpc) is 2.63. The van der Waals surface area contributed by atoms with E-state index in [9.17, 15) is 0 Å². The molecule has 19 heavy (non-hydrogen) atoms. The van der Waals surface area contributed by atoms with Gasteiger partial charge in [0.25, 0.3) is 0 Å². The number of aromatic nitrogens is 1. The lowest BCUT2D eigenvalue weighted by atomic mass is 10.0. The fourth-order valence-electron chi connectivity index (χ4n) is 3.32. The summed E-state index contributed by atoms with van der Waals surface area (Å²) in [5.74, 6) is 1.34. The van der Waals surface area contributed by atoms with Gasteiger partial charge in [0.05, 0.1) is 6.61 Å². The Hall–Kier alpha value is -1.29. The van der Waals surface area contributed by atoms with Gasteiger partial charge in [-0.15, -0.1) is 0 Å². The third kappa shape index (κ3) is 2.68. The maximum Gasteiger partial charge on any atom is 0.216 e. The van der Waals surface area contributed by atoms with Crippen molar-refractivity contribution in [2.45, 2.75) is 50.8 Å². The van der Waals surface area contributed by atoms with Gasteiger partial charge in [-0.05, 0) is 39.7 Å². The van der Waals surface area contributed by atoms with Gasteiger partial charge in [0.2, 0.25) is 11.8 Å². The number of hydrogen-bond acceptors (Lipinski definition) is 4. The molecule has 4 nitrogen and oxygen atoms in total. The molecule has 0 amide bonds. The molecule has 2 saturated heterocycles. The van der Waals surface area contributed by atoms with E-state index in [4.69, 9.17) is 9.47 Å². The standard InChI is InChI=1S/C15H22N2O2/c1-3-18-14-5-4-6-15(16-14)19-13-9-11-7-8-12(10-13)17(11)2/h4-6,11-13H,3,7-10H2,1-2H3/t11-,12+,13?. The van der Waals surface area contributed by atoms with Crippen LogP contribution < -0.4 is 9.47 Å². The van der Waals surface area contributed by atoms with Crippen LogP contribution in [0.5, 0.6) is 11.8 Å². The molecule has 3 rings (SSSR count). The first-order valence-electron chi connectivity index (χ1n) is 7.24. The second-order valence-electron chi connectivity index (χ2n) is 5.51. The van der Waals surface area contributed by atoms with Crippen molar-refractivity contribution in [1.82, 2.24) is 9.88 Å². The largest absolute Gasteiger partial charge is 0.478 e. The van der Waals surface area contributed by atoms with Crippen LogP contribution in [-0.2, 0) is 0 Å². The summed E-state index contributed by atoms with van der Waals surface area (Å²) >= 11 is 0. The van der Waals surface area contributed by atoms with Crippen molar-refractivity contribution in [2.24, 2.45) is 0 Å². The number of hydrogen-bond donors (Lipinski definition) is 0. The van der Waals surface area contributed by atoms with Crippen molar-refractivity contribution in [3.63, 3.8) is 0 Å². The van der Waals surface area contributed by atoms with Crippen LogP contribution in [0.15, 0.2) is 18.2 Å². The Morgan fingerprint density at radius 3 is 2.58 bits per heavy atom. The average molecular weight is 262 g/mol. The third-order valence-corrected chi connectivity index (χ3v) is 4.33. The number of ether oxygens (including phenoxy) is 2. The number of piperidine rings is 1. The lowest BCUT2D eigenvalue weighted by Gasteiger charge is -2.36. The van der Waals surface area contributed by atoms with Crippen LogP contribution in [0.4, 0.5) is 0 Å². The first-order chi connectivity index (χ1) is 9.26. The maximum absolute atomic E-state index is 6.05. The lowest BCUT2D eigenvalue weighted by molar-refractivity contribution is 0.0628. The molecule has 3 atom stereocenters. The van der Waals surface area contributed by atoms with Crippen molar-refractivity contribution in [2.75, 3.05) is 13.7 Å². The Kier molecular flexibility index (Phi) is 3.60. The van der Waals surface area contributed by atoms with Crippen molar-refractivity contribution < 1.29 is 9.47 Å². The van der Waals surface area contributed by atoms with E-state index >= 15 is 0 Å². The molecular weight excluding hydrogens is 240 g/mol. The van der Waals surface area contributed by atoms with E-state index in [1.807, 2.05) is 25.1 Å². The molecule has 1 aromatic rings. The summed E-state index contributed by atoms with van der Waals surface area (Å²) in [6.07, 6.45) is 5.17. The van der Waals surface area contributed by atoms with E-state index in [0.717, 1.165) is 12.8 Å². The minimum absolute atomic E-state index is 0.304. The third-order valence-electron chi connectivity index (χ3n) is 4.33. The number of fused-ring (bicyclic) bond motifs is 2. The summed E-state index contributed by atoms with van der Waals surface area (Å²) in [4.78, 5) is 6.91. The van der Waals surface area contributed by atoms with Crippen LogP contribution in [0.3, 0.4) is 0 Å². The predicted octanol–water partition coefficient (Wildman–Crippen LogP) is 2.48. The van der Waals surface area contributed by atoms with Crippen LogP contribution in [-0.4, -0.2) is 41.7 Å². The van der Waals surface area contributed by atoms with E-state index < -0.39 is 0 Å². The quantitative estimate of drug-likeness (QED) is 0.835. The highest BCUT2D eigenvalue weighted by molar-refractivity contribution is 5.20. The van der Waals surface area contributed by atoms with Crippen LogP contribution in [0.25, 0.3) is 0 Å². The molecule has 0 N–H and O–H groups in total. The van der Waals surface area contributed by atoms with Gasteiger partial charge in [-0.25, -0.2) is 0 Å². The first kappa shape index (κ1) is 12.7. The monoisotopic (exact) mass is 262 g/mol. The number of nitrogens with zero attached hydrogens (tertiary/aromatic N) is 2. The van der Waals surface area contributed by atoms with Gasteiger partial charge in [-0.3, -0.25) is 0 Å². The Bertz CT molecular complexity index is 424. The maximum atomic E-state index is 6.05. The van der Waals surface area contributed by atoms with Crippen molar-refractivity contribution in [1.29, 1.82) is 0 Å². The van der Waals surface area contributed by atoms with Gasteiger partial charge in [0, 0.05) is 24.2 Å². The molecular formula is C15H22N2O2. The van der Waals surface area contributed by atoms with Crippen molar-refractivity contribution >= 4 is 0 Å². The van der Waals surface area contributed by atoms with Gasteiger partial charge in [0.1, 0.15) is 6.10 Å². The molecule has 1 unspecified atom stereocenters. The molecule has 0 aromatic carbocycles. The Morgan fingerprint density at radius 2 is 1.89 bits per heavy atom. The molecule has 2 aliphatic rings. The summed E-state index contributed by atoms with van der Waals surface area (Å²) in [7, 11) is 2.24. The predicted molar refractivity (Wildman–Crippen MR) is 73.6 cm³/mol. The van der Waals surface area contributed by atoms with E-state index in [2.05, 4.69) is 16.9 Å². The molecule has 3 heterocycles. The van der Waals surface area contributed by atoms with Crippen LogP contribution in [0.2, 0.25) is 0 Å². The van der Waals surface area contributed by atoms with E-state index in [1.165, 1.54) is 12.8 Å². The minimum Gasteiger partial charge on any atom is -0.478 e. The van der Waals surface area contributed by atoms with Gasteiger partial charge >= 0.3 is 0 Å². The molecule has 0 saturated carbocycles. The molecule has 0 aliphatic carbocycles. The van der Waals surface area contributed by atoms with Gasteiger partial charge in [0.15, 0.2) is 0 Å². The summed E-state index contributed by atoms with van der Waals surface area (Å²) in [5, 5.41) is 0. The highest BCUT2D eigenvalue weighted by atomic mass is 16.5. The topological polar surface area (TPSA) is 34.6 Å². The summed E-state index contributed by atoms with van der Waals surface area (Å²) in [5.41, 5.74) is 0. The van der Waals surface area contributed by atoms with Crippen molar-refractivity contribution in [3.05, 3.63) is 18.2 Å². The number of pyridine rings is 1. The van der Waals surface area contributed by atoms with Crippen LogP contribution >= 0.6 is 0 Å². The molecule has 0 spiro atoms. The Balaban J connectivity index is 1.64. The van der Waals surface area contributed by atoms with Crippen LogP contribution in [0, 0.1) is 0 Å². The molecule has 2 bridgehead atoms. The summed E-state index contributed by atoms with van der Waals surface area (Å²) < 4.78 is 11.5. The summed E-state index contributed by atoms with van der Waals surface area (Å²) in [6, 6.07) is 7.12. The molecule has 2 aliphatic heterocycles. The second kappa shape index (κ2) is 5.37.